The van der Waals surface area contributed by atoms with Crippen molar-refractivity contribution >= 4 is 17.0 Å². The molecule has 0 saturated carbocycles. The Labute approximate surface area is 181 Å². The number of anilines is 1. The second kappa shape index (κ2) is 8.48. The van der Waals surface area contributed by atoms with Crippen LogP contribution in [0.3, 0.4) is 0 Å². The molecule has 2 aromatic carbocycles. The molecule has 30 heavy (non-hydrogen) atoms. The fraction of sp³-hybridized carbons (Fsp3) is 0.333. The highest BCUT2D eigenvalue weighted by atomic mass is 32.1. The molecule has 4 rings (SSSR count). The summed E-state index contributed by atoms with van der Waals surface area (Å²) in [4.78, 5) is 13.9. The summed E-state index contributed by atoms with van der Waals surface area (Å²) in [6.07, 6.45) is 1.35. The average Bonchev–Trinajstić information content (AvgIpc) is 3.18. The van der Waals surface area contributed by atoms with Crippen LogP contribution in [0.25, 0.3) is 10.4 Å². The molecule has 3 aromatic rings. The van der Waals surface area contributed by atoms with Crippen LogP contribution in [0.4, 0.5) is 5.69 Å². The maximum atomic E-state index is 10.7. The van der Waals surface area contributed by atoms with E-state index in [2.05, 4.69) is 60.6 Å². The molecule has 0 radical (unpaired) electrons. The third-order valence-corrected chi connectivity index (χ3v) is 6.77. The predicted molar refractivity (Wildman–Crippen MR) is 123 cm³/mol. The van der Waals surface area contributed by atoms with Crippen LogP contribution < -0.4 is 9.64 Å². The largest absolute Gasteiger partial charge is 0.490 e. The Kier molecular flexibility index (Phi) is 5.77. The van der Waals surface area contributed by atoms with E-state index in [0.29, 0.717) is 6.42 Å². The number of fused-ring (bicyclic) bond motifs is 1. The van der Waals surface area contributed by atoms with E-state index in [4.69, 9.17) is 4.74 Å². The van der Waals surface area contributed by atoms with E-state index in [1.807, 2.05) is 6.92 Å². The second-order valence-electron chi connectivity index (χ2n) is 7.96. The lowest BCUT2D eigenvalue weighted by Crippen LogP contribution is -2.28. The Morgan fingerprint density at radius 3 is 2.70 bits per heavy atom. The topological polar surface area (TPSA) is 55.6 Å². The Balaban J connectivity index is 1.52. The van der Waals surface area contributed by atoms with Gasteiger partial charge in [-0.3, -0.25) is 10.1 Å². The number of nitro groups is 1. The van der Waals surface area contributed by atoms with E-state index in [-0.39, 0.29) is 11.5 Å². The van der Waals surface area contributed by atoms with Crippen molar-refractivity contribution < 1.29 is 9.66 Å². The zero-order valence-corrected chi connectivity index (χ0v) is 18.4. The van der Waals surface area contributed by atoms with Crippen molar-refractivity contribution in [2.24, 2.45) is 0 Å². The van der Waals surface area contributed by atoms with Crippen LogP contribution in [0.2, 0.25) is 0 Å². The Hall–Kier alpha value is -2.86. The Morgan fingerprint density at radius 2 is 1.90 bits per heavy atom. The molecule has 0 spiro atoms. The third kappa shape index (κ3) is 4.33. The van der Waals surface area contributed by atoms with Gasteiger partial charge < -0.3 is 9.64 Å². The highest BCUT2D eigenvalue weighted by Gasteiger charge is 2.16. The van der Waals surface area contributed by atoms with Gasteiger partial charge in [0.25, 0.3) is 0 Å². The Bertz CT molecular complexity index is 1090. The molecule has 0 amide bonds. The minimum Gasteiger partial charge on any atom is -0.490 e. The van der Waals surface area contributed by atoms with Crippen molar-refractivity contribution in [3.8, 4) is 16.2 Å². The molecule has 1 aromatic heterocycles. The van der Waals surface area contributed by atoms with Crippen LogP contribution in [0.5, 0.6) is 5.75 Å². The minimum absolute atomic E-state index is 0.0200. The van der Waals surface area contributed by atoms with Gasteiger partial charge in [-0.2, -0.15) is 0 Å². The molecule has 5 nitrogen and oxygen atoms in total. The molecule has 2 heterocycles. The van der Waals surface area contributed by atoms with E-state index in [1.54, 1.807) is 11.3 Å². The number of hydrogen-bond acceptors (Lipinski definition) is 5. The first kappa shape index (κ1) is 20.4. The monoisotopic (exact) mass is 422 g/mol. The smallest absolute Gasteiger partial charge is 0.207 e. The maximum absolute atomic E-state index is 10.7. The highest BCUT2D eigenvalue weighted by molar-refractivity contribution is 7.13. The van der Waals surface area contributed by atoms with Crippen molar-refractivity contribution in [3.05, 3.63) is 79.7 Å². The summed E-state index contributed by atoms with van der Waals surface area (Å²) in [6, 6.07) is 13.0. The summed E-state index contributed by atoms with van der Waals surface area (Å²) < 4.78 is 5.85. The van der Waals surface area contributed by atoms with Gasteiger partial charge in [-0.15, -0.1) is 11.3 Å². The summed E-state index contributed by atoms with van der Waals surface area (Å²) >= 11 is 1.75. The number of aryl methyl sites for hydroxylation is 2. The molecule has 0 atom stereocenters. The average molecular weight is 423 g/mol. The molecule has 156 valence electrons. The lowest BCUT2D eigenvalue weighted by Gasteiger charge is -2.27. The van der Waals surface area contributed by atoms with Crippen molar-refractivity contribution in [2.75, 3.05) is 31.6 Å². The van der Waals surface area contributed by atoms with Crippen LogP contribution in [-0.4, -0.2) is 31.7 Å². The van der Waals surface area contributed by atoms with Crippen molar-refractivity contribution in [2.45, 2.75) is 26.7 Å². The molecular formula is C24H26N2O3S. The number of likely N-dealkylation sites (N-methyl/N-ethyl adjacent to an activating group) is 1. The summed E-state index contributed by atoms with van der Waals surface area (Å²) in [6.45, 7) is 5.75. The van der Waals surface area contributed by atoms with Gasteiger partial charge in [0.15, 0.2) is 0 Å². The molecule has 0 fully saturated rings. The first-order valence-corrected chi connectivity index (χ1v) is 11.1. The first-order valence-electron chi connectivity index (χ1n) is 10.2. The molecule has 0 aliphatic carbocycles. The van der Waals surface area contributed by atoms with Gasteiger partial charge in [-0.05, 0) is 77.2 Å². The fourth-order valence-corrected chi connectivity index (χ4v) is 4.87. The standard InChI is InChI=1S/C24H26N2O3S/c1-16-11-21(17(2)10-19(16)6-7-26(27)28)12-18-13-24(30-15-18)20-4-5-22-23(14-20)29-9-8-25(22)3/h4-5,10-11,13-15H,6-9,12H2,1-3H3. The number of thiophene rings is 1. The lowest BCUT2D eigenvalue weighted by atomic mass is 9.94. The quantitative estimate of drug-likeness (QED) is 0.401. The summed E-state index contributed by atoms with van der Waals surface area (Å²) in [7, 11) is 2.09. The van der Waals surface area contributed by atoms with Crippen molar-refractivity contribution in [1.82, 2.24) is 0 Å². The van der Waals surface area contributed by atoms with E-state index >= 15 is 0 Å². The molecule has 1 aliphatic heterocycles. The van der Waals surface area contributed by atoms with Crippen LogP contribution in [0.1, 0.15) is 27.8 Å². The van der Waals surface area contributed by atoms with Crippen LogP contribution >= 0.6 is 11.3 Å². The third-order valence-electron chi connectivity index (χ3n) is 5.75. The number of rotatable bonds is 6. The lowest BCUT2D eigenvalue weighted by molar-refractivity contribution is -0.479. The number of nitrogens with zero attached hydrogens (tertiary/aromatic N) is 2. The maximum Gasteiger partial charge on any atom is 0.207 e. The van der Waals surface area contributed by atoms with Gasteiger partial charge in [-0.1, -0.05) is 18.2 Å². The first-order chi connectivity index (χ1) is 14.4. The predicted octanol–water partition coefficient (Wildman–Crippen LogP) is 5.27. The van der Waals surface area contributed by atoms with E-state index in [1.165, 1.54) is 27.1 Å². The summed E-state index contributed by atoms with van der Waals surface area (Å²) in [5, 5.41) is 12.9. The SMILES string of the molecule is Cc1cc(Cc2csc(-c3ccc4c(c3)OCCN4C)c2)c(C)cc1CC[N+](=O)[O-]. The molecule has 1 aliphatic rings. The molecule has 0 saturated heterocycles. The molecule has 0 bridgehead atoms. The van der Waals surface area contributed by atoms with Crippen LogP contribution in [-0.2, 0) is 12.8 Å². The van der Waals surface area contributed by atoms with E-state index < -0.39 is 0 Å². The van der Waals surface area contributed by atoms with Crippen molar-refractivity contribution in [1.29, 1.82) is 0 Å². The summed E-state index contributed by atoms with van der Waals surface area (Å²) in [5.74, 6) is 0.952. The fourth-order valence-electron chi connectivity index (χ4n) is 3.96. The Morgan fingerprint density at radius 1 is 1.13 bits per heavy atom. The van der Waals surface area contributed by atoms with Gasteiger partial charge in [0.1, 0.15) is 12.4 Å². The molecule has 0 unspecified atom stereocenters. The van der Waals surface area contributed by atoms with Gasteiger partial charge in [-0.25, -0.2) is 0 Å². The number of hydrogen-bond donors (Lipinski definition) is 0. The number of benzene rings is 2. The second-order valence-corrected chi connectivity index (χ2v) is 8.87. The molecular weight excluding hydrogens is 396 g/mol. The number of ether oxygens (including phenoxy) is 1. The summed E-state index contributed by atoms with van der Waals surface area (Å²) in [5.41, 5.74) is 8.27. The van der Waals surface area contributed by atoms with Crippen LogP contribution in [0.15, 0.2) is 41.8 Å². The van der Waals surface area contributed by atoms with Gasteiger partial charge in [0, 0.05) is 23.3 Å². The zero-order valence-electron chi connectivity index (χ0n) is 17.6. The van der Waals surface area contributed by atoms with E-state index in [0.717, 1.165) is 42.1 Å². The van der Waals surface area contributed by atoms with Crippen LogP contribution in [0, 0.1) is 24.0 Å². The van der Waals surface area contributed by atoms with Crippen molar-refractivity contribution in [3.63, 3.8) is 0 Å². The van der Waals surface area contributed by atoms with Gasteiger partial charge in [0.05, 0.1) is 12.2 Å². The van der Waals surface area contributed by atoms with Gasteiger partial charge >= 0.3 is 0 Å². The minimum atomic E-state index is -0.251. The molecule has 0 N–H and O–H groups in total. The van der Waals surface area contributed by atoms with Gasteiger partial charge in [0.2, 0.25) is 6.54 Å². The highest BCUT2D eigenvalue weighted by Crippen LogP contribution is 2.37. The zero-order chi connectivity index (χ0) is 21.3. The normalized spacial score (nSPS) is 13.1. The molecule has 6 heteroatoms. The van der Waals surface area contributed by atoms with E-state index in [9.17, 15) is 10.1 Å².